The van der Waals surface area contributed by atoms with E-state index in [0.29, 0.717) is 17.2 Å². The molecule has 33 heavy (non-hydrogen) atoms. The van der Waals surface area contributed by atoms with Crippen LogP contribution in [0.3, 0.4) is 0 Å². The van der Waals surface area contributed by atoms with Crippen LogP contribution in [0.15, 0.2) is 66.2 Å². The van der Waals surface area contributed by atoms with Crippen molar-refractivity contribution in [2.75, 3.05) is 5.01 Å². The molecule has 170 valence electrons. The number of nitrogens with two attached hydrogens (primary N) is 1. The van der Waals surface area contributed by atoms with E-state index in [0.717, 1.165) is 36.2 Å². The molecule has 2 atom stereocenters. The minimum absolute atomic E-state index is 0.157. The maximum Gasteiger partial charge on any atom is 0.342 e. The molecular formula is C25H28N6O2. The van der Waals surface area contributed by atoms with Crippen LogP contribution in [-0.2, 0) is 6.54 Å². The average molecular weight is 445 g/mol. The van der Waals surface area contributed by atoms with Gasteiger partial charge in [-0.2, -0.15) is 0 Å². The number of nitroso groups, excluding NO2 is 1. The molecule has 1 fully saturated rings. The summed E-state index contributed by atoms with van der Waals surface area (Å²) >= 11 is 0. The number of aryl methyl sites for hydroxylation is 2. The van der Waals surface area contributed by atoms with E-state index in [9.17, 15) is 9.70 Å². The van der Waals surface area contributed by atoms with E-state index >= 15 is 0 Å². The van der Waals surface area contributed by atoms with E-state index < -0.39 is 6.03 Å². The van der Waals surface area contributed by atoms with Crippen LogP contribution in [0.4, 0.5) is 10.5 Å². The monoisotopic (exact) mass is 444 g/mol. The summed E-state index contributed by atoms with van der Waals surface area (Å²) in [7, 11) is 0. The van der Waals surface area contributed by atoms with Gasteiger partial charge in [-0.25, -0.2) is 4.79 Å². The predicted molar refractivity (Wildman–Crippen MR) is 127 cm³/mol. The highest BCUT2D eigenvalue weighted by atomic mass is 16.3. The van der Waals surface area contributed by atoms with Crippen LogP contribution in [0, 0.1) is 18.8 Å². The van der Waals surface area contributed by atoms with Crippen LogP contribution in [0.2, 0.25) is 0 Å². The number of nitrogens with zero attached hydrogens (tertiary/aromatic N) is 5. The third kappa shape index (κ3) is 4.75. The number of likely N-dealkylation sites (tertiary alicyclic amines) is 1. The molecule has 4 rings (SSSR count). The first-order valence-corrected chi connectivity index (χ1v) is 11.1. The Labute approximate surface area is 193 Å². The number of primary amides is 1. The van der Waals surface area contributed by atoms with Crippen molar-refractivity contribution < 1.29 is 4.79 Å². The number of piperidine rings is 1. The minimum Gasteiger partial charge on any atom is -0.350 e. The van der Waals surface area contributed by atoms with Crippen LogP contribution < -0.4 is 10.7 Å². The molecule has 0 spiro atoms. The highest BCUT2D eigenvalue weighted by Crippen LogP contribution is 2.43. The first-order valence-electron chi connectivity index (χ1n) is 11.1. The highest BCUT2D eigenvalue weighted by molar-refractivity contribution is 5.89. The lowest BCUT2D eigenvalue weighted by Gasteiger charge is -2.42. The molecule has 2 aromatic heterocycles. The lowest BCUT2D eigenvalue weighted by molar-refractivity contribution is 0.0679. The normalized spacial score (nSPS) is 18.6. The number of hydrogen-bond donors (Lipinski definition) is 1. The standard InChI is InChI=1S/C25H28N6O2/c1-17-6-4-14-27-23(17)21-8-3-9-22(24-18(2)7-5-15-28-24)30(21)16-19-10-12-20(13-11-19)31(29-33)25(26)32/h4-7,10-15,21-22H,3,8-9,16H2,1-2H3,(H2,26,32)/t21-,22+. The summed E-state index contributed by atoms with van der Waals surface area (Å²) in [6, 6.07) is 14.7. The summed E-state index contributed by atoms with van der Waals surface area (Å²) in [5, 5.41) is 3.35. The Morgan fingerprint density at radius 2 is 1.55 bits per heavy atom. The Bertz CT molecular complexity index is 1080. The van der Waals surface area contributed by atoms with Gasteiger partial charge in [0.2, 0.25) is 0 Å². The van der Waals surface area contributed by atoms with Gasteiger partial charge in [0.15, 0.2) is 0 Å². The Balaban J connectivity index is 1.70. The van der Waals surface area contributed by atoms with Crippen molar-refractivity contribution in [3.8, 4) is 0 Å². The topological polar surface area (TPSA) is 105 Å². The molecule has 1 saturated heterocycles. The van der Waals surface area contributed by atoms with E-state index in [1.54, 1.807) is 12.1 Å². The van der Waals surface area contributed by atoms with Gasteiger partial charge in [0.05, 0.1) is 34.4 Å². The number of benzene rings is 1. The SMILES string of the molecule is Cc1cccnc1[C@H]1CCC[C@@H](c2ncccc2C)N1Cc1ccc(N(N=O)C(N)=O)cc1. The second-order valence-corrected chi connectivity index (χ2v) is 8.44. The van der Waals surface area contributed by atoms with Crippen molar-refractivity contribution in [1.29, 1.82) is 0 Å². The third-order valence-corrected chi connectivity index (χ3v) is 6.32. The second kappa shape index (κ2) is 9.87. The number of aromatic nitrogens is 2. The summed E-state index contributed by atoms with van der Waals surface area (Å²) < 4.78 is 0. The molecule has 0 unspecified atom stereocenters. The van der Waals surface area contributed by atoms with Gasteiger partial charge in [-0.3, -0.25) is 14.9 Å². The molecule has 8 nitrogen and oxygen atoms in total. The van der Waals surface area contributed by atoms with E-state index in [2.05, 4.69) is 36.2 Å². The fourth-order valence-electron chi connectivity index (χ4n) is 4.72. The van der Waals surface area contributed by atoms with Crippen molar-refractivity contribution in [1.82, 2.24) is 14.9 Å². The van der Waals surface area contributed by atoms with Crippen molar-refractivity contribution in [2.24, 2.45) is 11.0 Å². The quantitative estimate of drug-likeness (QED) is 0.419. The number of carbonyl (C=O) groups is 1. The molecule has 3 aromatic rings. The molecule has 2 N–H and O–H groups in total. The van der Waals surface area contributed by atoms with Gasteiger partial charge in [-0.15, -0.1) is 9.92 Å². The van der Waals surface area contributed by atoms with Crippen LogP contribution >= 0.6 is 0 Å². The molecule has 1 aliphatic heterocycles. The molecule has 0 aliphatic carbocycles. The lowest BCUT2D eigenvalue weighted by atomic mass is 9.88. The molecule has 1 aliphatic rings. The summed E-state index contributed by atoms with van der Waals surface area (Å²) in [6.07, 6.45) is 6.84. The first kappa shape index (κ1) is 22.5. The highest BCUT2D eigenvalue weighted by Gasteiger charge is 2.35. The molecule has 0 bridgehead atoms. The number of hydrogen-bond acceptors (Lipinski definition) is 6. The fraction of sp³-hybridized carbons (Fsp3) is 0.320. The maximum atomic E-state index is 11.4. The van der Waals surface area contributed by atoms with Crippen LogP contribution in [0.5, 0.6) is 0 Å². The molecule has 1 aromatic carbocycles. The van der Waals surface area contributed by atoms with Crippen LogP contribution in [-0.4, -0.2) is 20.9 Å². The molecule has 0 radical (unpaired) electrons. The van der Waals surface area contributed by atoms with E-state index in [4.69, 9.17) is 15.7 Å². The zero-order valence-corrected chi connectivity index (χ0v) is 18.9. The van der Waals surface area contributed by atoms with E-state index in [1.807, 2.05) is 36.7 Å². The number of pyridine rings is 2. The van der Waals surface area contributed by atoms with E-state index in [-0.39, 0.29) is 12.1 Å². The number of carbonyl (C=O) groups excluding carboxylic acids is 1. The van der Waals surface area contributed by atoms with E-state index in [1.165, 1.54) is 11.1 Å². The summed E-state index contributed by atoms with van der Waals surface area (Å²) in [5.74, 6) is 0. The lowest BCUT2D eigenvalue weighted by Crippen LogP contribution is -2.37. The Morgan fingerprint density at radius 3 is 2.00 bits per heavy atom. The van der Waals surface area contributed by atoms with Gasteiger partial charge in [-0.05, 0) is 74.1 Å². The van der Waals surface area contributed by atoms with Gasteiger partial charge >= 0.3 is 6.03 Å². The summed E-state index contributed by atoms with van der Waals surface area (Å²) in [5.41, 5.74) is 11.2. The number of amides is 2. The van der Waals surface area contributed by atoms with Gasteiger partial charge in [0, 0.05) is 18.9 Å². The number of rotatable bonds is 6. The second-order valence-electron chi connectivity index (χ2n) is 8.44. The van der Waals surface area contributed by atoms with Crippen molar-refractivity contribution in [2.45, 2.75) is 51.7 Å². The van der Waals surface area contributed by atoms with Crippen molar-refractivity contribution in [3.63, 3.8) is 0 Å². The van der Waals surface area contributed by atoms with Gasteiger partial charge in [-0.1, -0.05) is 24.3 Å². The van der Waals surface area contributed by atoms with Crippen molar-refractivity contribution in [3.05, 3.63) is 93.9 Å². The minimum atomic E-state index is -0.912. The predicted octanol–water partition coefficient (Wildman–Crippen LogP) is 5.13. The zero-order chi connectivity index (χ0) is 23.4. The number of urea groups is 1. The van der Waals surface area contributed by atoms with Gasteiger partial charge < -0.3 is 5.73 Å². The largest absolute Gasteiger partial charge is 0.350 e. The van der Waals surface area contributed by atoms with Crippen LogP contribution in [0.25, 0.3) is 0 Å². The zero-order valence-electron chi connectivity index (χ0n) is 18.9. The number of anilines is 1. The maximum absolute atomic E-state index is 11.4. The fourth-order valence-corrected chi connectivity index (χ4v) is 4.72. The summed E-state index contributed by atoms with van der Waals surface area (Å²) in [6.45, 7) is 4.89. The van der Waals surface area contributed by atoms with Crippen molar-refractivity contribution >= 4 is 11.7 Å². The summed E-state index contributed by atoms with van der Waals surface area (Å²) in [4.78, 5) is 34.4. The molecule has 2 amide bonds. The first-order chi connectivity index (χ1) is 16.0. The molecule has 3 heterocycles. The molecular weight excluding hydrogens is 416 g/mol. The molecule has 8 heteroatoms. The Morgan fingerprint density at radius 1 is 1.00 bits per heavy atom. The Hall–Kier alpha value is -3.65. The third-order valence-electron chi connectivity index (χ3n) is 6.32. The van der Waals surface area contributed by atoms with Crippen LogP contribution in [0.1, 0.15) is 59.4 Å². The van der Waals surface area contributed by atoms with Gasteiger partial charge in [0.1, 0.15) is 0 Å². The Kier molecular flexibility index (Phi) is 6.74. The molecule has 0 saturated carbocycles. The smallest absolute Gasteiger partial charge is 0.342 e. The average Bonchev–Trinajstić information content (AvgIpc) is 2.81. The van der Waals surface area contributed by atoms with Gasteiger partial charge in [0.25, 0.3) is 0 Å².